The minimum absolute atomic E-state index is 0.0820. The molecule has 0 saturated heterocycles. The highest BCUT2D eigenvalue weighted by Crippen LogP contribution is 2.24. The Balaban J connectivity index is 2.17. The van der Waals surface area contributed by atoms with E-state index in [1.807, 2.05) is 6.92 Å². The van der Waals surface area contributed by atoms with Gasteiger partial charge in [-0.2, -0.15) is 0 Å². The van der Waals surface area contributed by atoms with Crippen molar-refractivity contribution in [2.75, 3.05) is 18.4 Å². The van der Waals surface area contributed by atoms with Crippen LogP contribution in [-0.2, 0) is 16.0 Å². The molecular formula is C15H18N2O4. The summed E-state index contributed by atoms with van der Waals surface area (Å²) < 4.78 is 0. The Labute approximate surface area is 122 Å². The molecule has 0 fully saturated rings. The normalized spacial score (nSPS) is 14.3. The van der Waals surface area contributed by atoms with Crippen molar-refractivity contribution in [2.45, 2.75) is 20.3 Å². The second-order valence-electron chi connectivity index (χ2n) is 5.18. The SMILES string of the molecule is CCN(CC(C)C(=O)O)C(=O)c1ccc2c(c1)NC(=O)C2. The van der Waals surface area contributed by atoms with Crippen LogP contribution in [0.15, 0.2) is 18.2 Å². The molecule has 1 atom stereocenters. The van der Waals surface area contributed by atoms with Gasteiger partial charge in [-0.1, -0.05) is 13.0 Å². The molecule has 0 radical (unpaired) electrons. The minimum Gasteiger partial charge on any atom is -0.481 e. The zero-order valence-electron chi connectivity index (χ0n) is 12.0. The van der Waals surface area contributed by atoms with Gasteiger partial charge in [0.15, 0.2) is 0 Å². The van der Waals surface area contributed by atoms with Crippen molar-refractivity contribution in [3.8, 4) is 0 Å². The maximum atomic E-state index is 12.4. The highest BCUT2D eigenvalue weighted by Gasteiger charge is 2.23. The van der Waals surface area contributed by atoms with Crippen LogP contribution in [0.25, 0.3) is 0 Å². The summed E-state index contributed by atoms with van der Waals surface area (Å²) in [6, 6.07) is 5.08. The largest absolute Gasteiger partial charge is 0.481 e. The summed E-state index contributed by atoms with van der Waals surface area (Å²) in [4.78, 5) is 36.2. The van der Waals surface area contributed by atoms with Crippen LogP contribution in [0.2, 0.25) is 0 Å². The van der Waals surface area contributed by atoms with Gasteiger partial charge >= 0.3 is 5.97 Å². The molecule has 21 heavy (non-hydrogen) atoms. The van der Waals surface area contributed by atoms with Gasteiger partial charge < -0.3 is 15.3 Å². The number of carbonyl (C=O) groups excluding carboxylic acids is 2. The van der Waals surface area contributed by atoms with E-state index in [0.717, 1.165) is 5.56 Å². The second kappa shape index (κ2) is 5.95. The van der Waals surface area contributed by atoms with Crippen molar-refractivity contribution in [1.82, 2.24) is 4.90 Å². The molecule has 6 heteroatoms. The van der Waals surface area contributed by atoms with Gasteiger partial charge in [0, 0.05) is 24.3 Å². The van der Waals surface area contributed by atoms with Crippen molar-refractivity contribution in [1.29, 1.82) is 0 Å². The summed E-state index contributed by atoms with van der Waals surface area (Å²) >= 11 is 0. The lowest BCUT2D eigenvalue weighted by atomic mass is 10.1. The van der Waals surface area contributed by atoms with Crippen molar-refractivity contribution in [3.05, 3.63) is 29.3 Å². The fourth-order valence-corrected chi connectivity index (χ4v) is 2.29. The first-order chi connectivity index (χ1) is 9.92. The third-order valence-electron chi connectivity index (χ3n) is 3.57. The van der Waals surface area contributed by atoms with E-state index in [1.165, 1.54) is 4.90 Å². The molecule has 1 aromatic carbocycles. The van der Waals surface area contributed by atoms with E-state index < -0.39 is 11.9 Å². The number of nitrogens with one attached hydrogen (secondary N) is 1. The van der Waals surface area contributed by atoms with E-state index in [9.17, 15) is 14.4 Å². The first kappa shape index (κ1) is 15.0. The number of anilines is 1. The smallest absolute Gasteiger partial charge is 0.308 e. The number of fused-ring (bicyclic) bond motifs is 1. The Kier molecular flexibility index (Phi) is 4.26. The lowest BCUT2D eigenvalue weighted by Crippen LogP contribution is -2.36. The predicted octanol–water partition coefficient (Wildman–Crippen LogP) is 1.36. The maximum absolute atomic E-state index is 12.4. The number of carboxylic acids is 1. The molecule has 112 valence electrons. The van der Waals surface area contributed by atoms with Gasteiger partial charge in [0.1, 0.15) is 0 Å². The first-order valence-corrected chi connectivity index (χ1v) is 6.87. The minimum atomic E-state index is -0.928. The van der Waals surface area contributed by atoms with E-state index >= 15 is 0 Å². The van der Waals surface area contributed by atoms with Crippen LogP contribution in [0.5, 0.6) is 0 Å². The zero-order chi connectivity index (χ0) is 15.6. The third-order valence-corrected chi connectivity index (χ3v) is 3.57. The molecule has 6 nitrogen and oxygen atoms in total. The van der Waals surface area contributed by atoms with Crippen molar-refractivity contribution in [3.63, 3.8) is 0 Å². The number of carboxylic acid groups (broad SMARTS) is 1. The van der Waals surface area contributed by atoms with Gasteiger partial charge in [0.05, 0.1) is 12.3 Å². The summed E-state index contributed by atoms with van der Waals surface area (Å²) in [5.74, 6) is -1.86. The van der Waals surface area contributed by atoms with Crippen LogP contribution >= 0.6 is 0 Å². The molecule has 0 spiro atoms. The fraction of sp³-hybridized carbons (Fsp3) is 0.400. The Morgan fingerprint density at radius 1 is 1.43 bits per heavy atom. The topological polar surface area (TPSA) is 86.7 Å². The van der Waals surface area contributed by atoms with Crippen LogP contribution in [0, 0.1) is 5.92 Å². The third kappa shape index (κ3) is 3.21. The molecule has 1 aliphatic rings. The highest BCUT2D eigenvalue weighted by molar-refractivity contribution is 6.02. The van der Waals surface area contributed by atoms with Crippen LogP contribution in [-0.4, -0.2) is 40.9 Å². The quantitative estimate of drug-likeness (QED) is 0.857. The Bertz CT molecular complexity index is 597. The number of benzene rings is 1. The molecule has 0 aromatic heterocycles. The van der Waals surface area contributed by atoms with Gasteiger partial charge in [-0.3, -0.25) is 14.4 Å². The summed E-state index contributed by atoms with van der Waals surface area (Å²) in [5.41, 5.74) is 1.99. The predicted molar refractivity (Wildman–Crippen MR) is 77.2 cm³/mol. The molecule has 2 rings (SSSR count). The monoisotopic (exact) mass is 290 g/mol. The molecule has 0 aliphatic carbocycles. The summed E-state index contributed by atoms with van der Waals surface area (Å²) in [7, 11) is 0. The molecule has 2 amide bonds. The number of hydrogen-bond acceptors (Lipinski definition) is 3. The van der Waals surface area contributed by atoms with Crippen LogP contribution in [0.3, 0.4) is 0 Å². The molecular weight excluding hydrogens is 272 g/mol. The molecule has 0 bridgehead atoms. The van der Waals surface area contributed by atoms with Crippen LogP contribution in [0.4, 0.5) is 5.69 Å². The number of nitrogens with zero attached hydrogens (tertiary/aromatic N) is 1. The number of rotatable bonds is 5. The van der Waals surface area contributed by atoms with E-state index in [2.05, 4.69) is 5.32 Å². The molecule has 0 saturated carbocycles. The molecule has 1 aliphatic heterocycles. The fourth-order valence-electron chi connectivity index (χ4n) is 2.29. The summed E-state index contributed by atoms with van der Waals surface area (Å²) in [6.07, 6.45) is 0.331. The number of aliphatic carboxylic acids is 1. The van der Waals surface area contributed by atoms with E-state index in [-0.39, 0.29) is 18.4 Å². The highest BCUT2D eigenvalue weighted by atomic mass is 16.4. The summed E-state index contributed by atoms with van der Waals surface area (Å²) in [5, 5.41) is 11.7. The Hall–Kier alpha value is -2.37. The van der Waals surface area contributed by atoms with Gasteiger partial charge in [-0.05, 0) is 24.6 Å². The van der Waals surface area contributed by atoms with Crippen molar-refractivity contribution >= 4 is 23.5 Å². The van der Waals surface area contributed by atoms with Crippen molar-refractivity contribution < 1.29 is 19.5 Å². The van der Waals surface area contributed by atoms with Gasteiger partial charge in [-0.25, -0.2) is 0 Å². The van der Waals surface area contributed by atoms with Gasteiger partial charge in [0.2, 0.25) is 5.91 Å². The number of amides is 2. The van der Waals surface area contributed by atoms with Crippen molar-refractivity contribution in [2.24, 2.45) is 5.92 Å². The van der Waals surface area contributed by atoms with Gasteiger partial charge in [0.25, 0.3) is 5.91 Å². The average Bonchev–Trinajstić information content (AvgIpc) is 2.82. The Morgan fingerprint density at radius 2 is 2.14 bits per heavy atom. The number of hydrogen-bond donors (Lipinski definition) is 2. The maximum Gasteiger partial charge on any atom is 0.308 e. The lowest BCUT2D eigenvalue weighted by Gasteiger charge is -2.23. The Morgan fingerprint density at radius 3 is 2.76 bits per heavy atom. The van der Waals surface area contributed by atoms with E-state index in [1.54, 1.807) is 25.1 Å². The number of carbonyl (C=O) groups is 3. The molecule has 1 aromatic rings. The molecule has 1 unspecified atom stereocenters. The molecule has 1 heterocycles. The first-order valence-electron chi connectivity index (χ1n) is 6.87. The van der Waals surface area contributed by atoms with Gasteiger partial charge in [-0.15, -0.1) is 0 Å². The second-order valence-corrected chi connectivity index (χ2v) is 5.18. The van der Waals surface area contributed by atoms with E-state index in [4.69, 9.17) is 5.11 Å². The average molecular weight is 290 g/mol. The zero-order valence-corrected chi connectivity index (χ0v) is 12.0. The lowest BCUT2D eigenvalue weighted by molar-refractivity contribution is -0.141. The summed E-state index contributed by atoms with van der Waals surface area (Å²) in [6.45, 7) is 3.97. The van der Waals surface area contributed by atoms with Crippen LogP contribution < -0.4 is 5.32 Å². The molecule has 2 N–H and O–H groups in total. The van der Waals surface area contributed by atoms with E-state index in [0.29, 0.717) is 24.2 Å². The standard InChI is InChI=1S/C15H18N2O4/c1-3-17(8-9(2)15(20)21)14(19)11-5-4-10-7-13(18)16-12(10)6-11/h4-6,9H,3,7-8H2,1-2H3,(H,16,18)(H,20,21). The van der Waals surface area contributed by atoms with Crippen LogP contribution in [0.1, 0.15) is 29.8 Å².